The lowest BCUT2D eigenvalue weighted by Gasteiger charge is -2.24. The predicted octanol–water partition coefficient (Wildman–Crippen LogP) is 11.0. The van der Waals surface area contributed by atoms with Crippen molar-refractivity contribution in [2.75, 3.05) is 0 Å². The standard InChI is InChI=1S/C49H35N7/c1-48(2)37-18-10-21-52-43(37)35-25-39-36(26-38(35)48)44-40(49(39,3)4)23-31(27-53-44)45-54-46(34-17-8-13-29-14-9-20-51-42(29)34)56-47(55-45)41-24-30(19-22-50-41)33-16-7-12-28-11-5-6-15-32(28)33/h5-27H,1-4H3. The molecule has 0 saturated carbocycles. The smallest absolute Gasteiger partial charge is 0.182 e. The van der Waals surface area contributed by atoms with Crippen molar-refractivity contribution in [2.45, 2.75) is 38.5 Å². The Kier molecular flexibility index (Phi) is 6.81. The lowest BCUT2D eigenvalue weighted by Crippen LogP contribution is -2.17. The third-order valence-corrected chi connectivity index (χ3v) is 11.9. The number of hydrogen-bond donors (Lipinski definition) is 0. The minimum atomic E-state index is -0.322. The number of benzene rings is 4. The third kappa shape index (κ3) is 4.73. The Bertz CT molecular complexity index is 3100. The van der Waals surface area contributed by atoms with Gasteiger partial charge in [0.25, 0.3) is 0 Å². The molecule has 2 aliphatic rings. The van der Waals surface area contributed by atoms with Crippen LogP contribution in [-0.4, -0.2) is 34.9 Å². The van der Waals surface area contributed by atoms with Crippen LogP contribution in [0.25, 0.3) is 89.6 Å². The molecule has 5 aromatic heterocycles. The van der Waals surface area contributed by atoms with Crippen molar-refractivity contribution in [2.24, 2.45) is 0 Å². The third-order valence-electron chi connectivity index (χ3n) is 11.9. The van der Waals surface area contributed by atoms with Gasteiger partial charge in [0.15, 0.2) is 17.5 Å². The van der Waals surface area contributed by atoms with Crippen molar-refractivity contribution >= 4 is 21.7 Å². The summed E-state index contributed by atoms with van der Waals surface area (Å²) in [6, 6.07) is 40.2. The summed E-state index contributed by atoms with van der Waals surface area (Å²) in [6.45, 7) is 9.14. The van der Waals surface area contributed by atoms with Gasteiger partial charge in [0.2, 0.25) is 0 Å². The molecular formula is C49H35N7. The van der Waals surface area contributed by atoms with Crippen LogP contribution in [0, 0.1) is 0 Å². The average Bonchev–Trinajstić information content (AvgIpc) is 3.61. The van der Waals surface area contributed by atoms with Crippen LogP contribution in [0.15, 0.2) is 140 Å². The fraction of sp³-hybridized carbons (Fsp3) is 0.122. The molecule has 11 rings (SSSR count). The summed E-state index contributed by atoms with van der Waals surface area (Å²) in [6.07, 6.45) is 7.44. The molecule has 0 aliphatic heterocycles. The van der Waals surface area contributed by atoms with E-state index in [4.69, 9.17) is 34.9 Å². The second kappa shape index (κ2) is 11.8. The topological polar surface area (TPSA) is 90.2 Å². The van der Waals surface area contributed by atoms with Gasteiger partial charge in [-0.25, -0.2) is 15.0 Å². The van der Waals surface area contributed by atoms with E-state index in [2.05, 4.69) is 113 Å². The van der Waals surface area contributed by atoms with Gasteiger partial charge in [-0.1, -0.05) is 94.4 Å². The van der Waals surface area contributed by atoms with Crippen LogP contribution < -0.4 is 0 Å². The molecule has 0 fully saturated rings. The fourth-order valence-corrected chi connectivity index (χ4v) is 8.94. The van der Waals surface area contributed by atoms with E-state index < -0.39 is 0 Å². The van der Waals surface area contributed by atoms with E-state index in [9.17, 15) is 0 Å². The van der Waals surface area contributed by atoms with Crippen molar-refractivity contribution in [3.05, 3.63) is 162 Å². The van der Waals surface area contributed by atoms with Gasteiger partial charge in [-0.15, -0.1) is 0 Å². The fourth-order valence-electron chi connectivity index (χ4n) is 8.94. The molecule has 0 radical (unpaired) electrons. The summed E-state index contributed by atoms with van der Waals surface area (Å²) in [5, 5.41) is 3.37. The van der Waals surface area contributed by atoms with E-state index >= 15 is 0 Å². The molecule has 0 atom stereocenters. The van der Waals surface area contributed by atoms with Gasteiger partial charge >= 0.3 is 0 Å². The largest absolute Gasteiger partial charge is 0.256 e. The van der Waals surface area contributed by atoms with E-state index in [1.165, 1.54) is 38.6 Å². The van der Waals surface area contributed by atoms with Gasteiger partial charge in [0.05, 0.1) is 16.9 Å². The molecule has 0 bridgehead atoms. The highest BCUT2D eigenvalue weighted by atomic mass is 15.0. The van der Waals surface area contributed by atoms with Gasteiger partial charge in [-0.3, -0.25) is 19.9 Å². The Morgan fingerprint density at radius 3 is 1.93 bits per heavy atom. The monoisotopic (exact) mass is 721 g/mol. The van der Waals surface area contributed by atoms with E-state index in [0.29, 0.717) is 23.2 Å². The minimum Gasteiger partial charge on any atom is -0.256 e. The molecular weight excluding hydrogens is 687 g/mol. The normalized spacial score (nSPS) is 14.4. The average molecular weight is 722 g/mol. The maximum atomic E-state index is 5.19. The minimum absolute atomic E-state index is 0.159. The molecule has 2 aliphatic carbocycles. The predicted molar refractivity (Wildman–Crippen MR) is 223 cm³/mol. The molecule has 0 N–H and O–H groups in total. The summed E-state index contributed by atoms with van der Waals surface area (Å²) in [7, 11) is 0. The van der Waals surface area contributed by atoms with E-state index in [-0.39, 0.29) is 10.8 Å². The molecule has 0 amide bonds. The Balaban J connectivity index is 1.08. The zero-order valence-corrected chi connectivity index (χ0v) is 31.4. The van der Waals surface area contributed by atoms with Crippen LogP contribution >= 0.6 is 0 Å². The van der Waals surface area contributed by atoms with Gasteiger partial charge in [0, 0.05) is 63.3 Å². The zero-order chi connectivity index (χ0) is 37.8. The lowest BCUT2D eigenvalue weighted by atomic mass is 9.79. The van der Waals surface area contributed by atoms with Crippen molar-refractivity contribution < 1.29 is 0 Å². The number of nitrogens with zero attached hydrogens (tertiary/aromatic N) is 7. The van der Waals surface area contributed by atoms with E-state index in [0.717, 1.165) is 50.1 Å². The van der Waals surface area contributed by atoms with Gasteiger partial charge < -0.3 is 0 Å². The first-order valence-corrected chi connectivity index (χ1v) is 19.0. The summed E-state index contributed by atoms with van der Waals surface area (Å²) >= 11 is 0. The molecule has 5 heterocycles. The molecule has 0 spiro atoms. The Morgan fingerprint density at radius 1 is 0.411 bits per heavy atom. The highest BCUT2D eigenvalue weighted by molar-refractivity contribution is 5.97. The lowest BCUT2D eigenvalue weighted by molar-refractivity contribution is 0.651. The van der Waals surface area contributed by atoms with Crippen LogP contribution in [-0.2, 0) is 10.8 Å². The van der Waals surface area contributed by atoms with Crippen molar-refractivity contribution in [1.82, 2.24) is 34.9 Å². The number of rotatable bonds is 4. The number of para-hydroxylation sites is 1. The van der Waals surface area contributed by atoms with Crippen LogP contribution in [0.2, 0.25) is 0 Å². The molecule has 56 heavy (non-hydrogen) atoms. The first-order valence-electron chi connectivity index (χ1n) is 19.0. The van der Waals surface area contributed by atoms with Gasteiger partial charge in [-0.2, -0.15) is 0 Å². The van der Waals surface area contributed by atoms with Crippen molar-refractivity contribution in [3.8, 4) is 67.9 Å². The highest BCUT2D eigenvalue weighted by Crippen LogP contribution is 2.55. The van der Waals surface area contributed by atoms with E-state index in [1.807, 2.05) is 48.9 Å². The maximum absolute atomic E-state index is 5.19. The Labute approximate surface area is 324 Å². The summed E-state index contributed by atoms with van der Waals surface area (Å²) in [5.74, 6) is 1.53. The van der Waals surface area contributed by atoms with Crippen LogP contribution in [0.1, 0.15) is 49.9 Å². The van der Waals surface area contributed by atoms with E-state index in [1.54, 1.807) is 6.20 Å². The molecule has 7 heteroatoms. The zero-order valence-electron chi connectivity index (χ0n) is 31.4. The summed E-state index contributed by atoms with van der Waals surface area (Å²) in [4.78, 5) is 35.0. The second-order valence-electron chi connectivity index (χ2n) is 15.9. The van der Waals surface area contributed by atoms with Gasteiger partial charge in [-0.05, 0) is 92.7 Å². The number of aromatic nitrogens is 7. The van der Waals surface area contributed by atoms with Crippen molar-refractivity contribution in [3.63, 3.8) is 0 Å². The number of pyridine rings is 4. The SMILES string of the molecule is CC1(C)c2cc3c(cc2-c2ncccc21)C(C)(C)c1cc(-c2nc(-c4cc(-c5cccc6ccccc56)ccn4)nc(-c4cccc5cccnc45)n2)cnc1-3. The quantitative estimate of drug-likeness (QED) is 0.179. The Hall–Kier alpha value is -6.99. The van der Waals surface area contributed by atoms with Gasteiger partial charge in [0.1, 0.15) is 5.69 Å². The molecule has 7 nitrogen and oxygen atoms in total. The highest BCUT2D eigenvalue weighted by Gasteiger charge is 2.43. The summed E-state index contributed by atoms with van der Waals surface area (Å²) < 4.78 is 0. The van der Waals surface area contributed by atoms with Crippen LogP contribution in [0.3, 0.4) is 0 Å². The first-order chi connectivity index (χ1) is 27.3. The number of hydrogen-bond acceptors (Lipinski definition) is 7. The van der Waals surface area contributed by atoms with Crippen LogP contribution in [0.4, 0.5) is 0 Å². The molecule has 0 unspecified atom stereocenters. The van der Waals surface area contributed by atoms with Crippen LogP contribution in [0.5, 0.6) is 0 Å². The molecule has 9 aromatic rings. The summed E-state index contributed by atoms with van der Waals surface area (Å²) in [5.41, 5.74) is 14.2. The Morgan fingerprint density at radius 2 is 1.07 bits per heavy atom. The number of fused-ring (bicyclic) bond motifs is 8. The first kappa shape index (κ1) is 32.4. The maximum Gasteiger partial charge on any atom is 0.182 e. The second-order valence-corrected chi connectivity index (χ2v) is 15.9. The molecule has 266 valence electrons. The molecule has 4 aromatic carbocycles. The van der Waals surface area contributed by atoms with Crippen molar-refractivity contribution in [1.29, 1.82) is 0 Å². The molecule has 0 saturated heterocycles.